The van der Waals surface area contributed by atoms with Crippen molar-refractivity contribution in [2.75, 3.05) is 13.7 Å². The fourth-order valence-corrected chi connectivity index (χ4v) is 2.15. The first-order chi connectivity index (χ1) is 6.99. The van der Waals surface area contributed by atoms with Crippen LogP contribution in [0, 0.1) is 11.8 Å². The highest BCUT2D eigenvalue weighted by Gasteiger charge is 2.43. The van der Waals surface area contributed by atoms with Gasteiger partial charge in [0, 0.05) is 6.54 Å². The number of amides is 1. The predicted octanol–water partition coefficient (Wildman–Crippen LogP) is 1.18. The van der Waals surface area contributed by atoms with Crippen LogP contribution in [0.2, 0.25) is 0 Å². The van der Waals surface area contributed by atoms with Gasteiger partial charge in [-0.05, 0) is 18.3 Å². The lowest BCUT2D eigenvalue weighted by Crippen LogP contribution is -2.44. The number of esters is 1. The first kappa shape index (κ1) is 11.8. The Hall–Kier alpha value is -1.26. The van der Waals surface area contributed by atoms with E-state index in [4.69, 9.17) is 5.11 Å². The molecule has 1 saturated heterocycles. The molecule has 0 aromatic rings. The van der Waals surface area contributed by atoms with Gasteiger partial charge in [0.1, 0.15) is 6.04 Å². The summed E-state index contributed by atoms with van der Waals surface area (Å²) in [6, 6.07) is -0.632. The van der Waals surface area contributed by atoms with E-state index < -0.39 is 18.1 Å². The lowest BCUT2D eigenvalue weighted by molar-refractivity contribution is -0.147. The molecule has 1 aliphatic rings. The molecular weight excluding hydrogens is 198 g/mol. The lowest BCUT2D eigenvalue weighted by atomic mass is 9.89. The Bertz CT molecular complexity index is 264. The SMILES string of the molecule is COC(=O)C1C(C(C)C)CCN1C(=O)O. The molecule has 1 amide bonds. The Morgan fingerprint density at radius 3 is 2.47 bits per heavy atom. The fourth-order valence-electron chi connectivity index (χ4n) is 2.15. The number of hydrogen-bond donors (Lipinski definition) is 1. The number of carbonyl (C=O) groups excluding carboxylic acids is 1. The van der Waals surface area contributed by atoms with Crippen LogP contribution in [-0.4, -0.2) is 41.8 Å². The van der Waals surface area contributed by atoms with E-state index in [-0.39, 0.29) is 11.8 Å². The van der Waals surface area contributed by atoms with Crippen LogP contribution in [0.1, 0.15) is 20.3 Å². The van der Waals surface area contributed by atoms with Crippen LogP contribution in [0.25, 0.3) is 0 Å². The third kappa shape index (κ3) is 2.22. The van der Waals surface area contributed by atoms with Gasteiger partial charge in [-0.25, -0.2) is 9.59 Å². The molecule has 0 aliphatic carbocycles. The molecule has 5 heteroatoms. The Morgan fingerprint density at radius 1 is 1.47 bits per heavy atom. The smallest absolute Gasteiger partial charge is 0.408 e. The second-order valence-electron chi connectivity index (χ2n) is 4.14. The van der Waals surface area contributed by atoms with Crippen LogP contribution >= 0.6 is 0 Å². The topological polar surface area (TPSA) is 66.8 Å². The minimum atomic E-state index is -1.05. The molecule has 15 heavy (non-hydrogen) atoms. The second kappa shape index (κ2) is 4.51. The molecule has 5 nitrogen and oxygen atoms in total. The number of likely N-dealkylation sites (tertiary alicyclic amines) is 1. The second-order valence-corrected chi connectivity index (χ2v) is 4.14. The van der Waals surface area contributed by atoms with Crippen molar-refractivity contribution in [3.05, 3.63) is 0 Å². The van der Waals surface area contributed by atoms with E-state index in [1.165, 1.54) is 12.0 Å². The number of carbonyl (C=O) groups is 2. The Morgan fingerprint density at radius 2 is 2.07 bits per heavy atom. The van der Waals surface area contributed by atoms with E-state index in [1.807, 2.05) is 13.8 Å². The van der Waals surface area contributed by atoms with Crippen LogP contribution in [-0.2, 0) is 9.53 Å². The minimum absolute atomic E-state index is 0.0635. The van der Waals surface area contributed by atoms with Crippen molar-refractivity contribution in [1.82, 2.24) is 4.90 Å². The van der Waals surface area contributed by atoms with E-state index >= 15 is 0 Å². The number of carboxylic acid groups (broad SMARTS) is 1. The molecule has 1 fully saturated rings. The number of ether oxygens (including phenoxy) is 1. The van der Waals surface area contributed by atoms with Crippen molar-refractivity contribution in [3.63, 3.8) is 0 Å². The summed E-state index contributed by atoms with van der Waals surface area (Å²) in [6.07, 6.45) is -0.322. The zero-order valence-electron chi connectivity index (χ0n) is 9.27. The molecule has 1 N–H and O–H groups in total. The molecule has 0 bridgehead atoms. The largest absolute Gasteiger partial charge is 0.467 e. The van der Waals surface area contributed by atoms with Crippen LogP contribution in [0.3, 0.4) is 0 Å². The van der Waals surface area contributed by atoms with Gasteiger partial charge in [0.05, 0.1) is 7.11 Å². The average Bonchev–Trinajstić information content (AvgIpc) is 2.60. The maximum absolute atomic E-state index is 11.5. The summed E-state index contributed by atoms with van der Waals surface area (Å²) in [6.45, 7) is 4.40. The Kier molecular flexibility index (Phi) is 3.55. The van der Waals surface area contributed by atoms with Gasteiger partial charge in [-0.1, -0.05) is 13.8 Å². The highest BCUT2D eigenvalue weighted by atomic mass is 16.5. The molecular formula is C10H17NO4. The quantitative estimate of drug-likeness (QED) is 0.702. The number of methoxy groups -OCH3 is 1. The van der Waals surface area contributed by atoms with Gasteiger partial charge in [-0.15, -0.1) is 0 Å². The van der Waals surface area contributed by atoms with Crippen molar-refractivity contribution in [2.24, 2.45) is 11.8 Å². The molecule has 0 aromatic carbocycles. The normalized spacial score (nSPS) is 25.7. The van der Waals surface area contributed by atoms with Gasteiger partial charge in [-0.2, -0.15) is 0 Å². The highest BCUT2D eigenvalue weighted by Crippen LogP contribution is 2.31. The number of nitrogens with zero attached hydrogens (tertiary/aromatic N) is 1. The fraction of sp³-hybridized carbons (Fsp3) is 0.800. The molecule has 0 radical (unpaired) electrons. The van der Waals surface area contributed by atoms with Crippen molar-refractivity contribution in [2.45, 2.75) is 26.3 Å². The molecule has 86 valence electrons. The summed E-state index contributed by atoms with van der Waals surface area (Å²) in [5.74, 6) is -0.111. The standard InChI is InChI=1S/C10H17NO4/c1-6(2)7-4-5-11(10(13)14)8(7)9(12)15-3/h6-8H,4-5H2,1-3H3,(H,13,14). The zero-order valence-corrected chi connectivity index (χ0v) is 9.27. The average molecular weight is 215 g/mol. The molecule has 2 unspecified atom stereocenters. The van der Waals surface area contributed by atoms with Crippen LogP contribution in [0.4, 0.5) is 4.79 Å². The van der Waals surface area contributed by atoms with Gasteiger partial charge in [-0.3, -0.25) is 4.90 Å². The molecule has 1 aliphatic heterocycles. The third-order valence-electron chi connectivity index (χ3n) is 2.99. The van der Waals surface area contributed by atoms with E-state index in [0.29, 0.717) is 6.54 Å². The Labute approximate surface area is 89.0 Å². The summed E-state index contributed by atoms with van der Waals surface area (Å²) in [5, 5.41) is 8.95. The van der Waals surface area contributed by atoms with Gasteiger partial charge in [0.25, 0.3) is 0 Å². The summed E-state index contributed by atoms with van der Waals surface area (Å²) in [4.78, 5) is 23.6. The maximum atomic E-state index is 11.5. The Balaban J connectivity index is 2.87. The van der Waals surface area contributed by atoms with E-state index in [9.17, 15) is 9.59 Å². The third-order valence-corrected chi connectivity index (χ3v) is 2.99. The predicted molar refractivity (Wildman–Crippen MR) is 53.5 cm³/mol. The lowest BCUT2D eigenvalue weighted by Gasteiger charge is -2.25. The molecule has 1 rings (SSSR count). The minimum Gasteiger partial charge on any atom is -0.467 e. The van der Waals surface area contributed by atoms with Crippen molar-refractivity contribution in [3.8, 4) is 0 Å². The molecule has 2 atom stereocenters. The molecule has 1 heterocycles. The van der Waals surface area contributed by atoms with Crippen molar-refractivity contribution in [1.29, 1.82) is 0 Å². The number of rotatable bonds is 2. The van der Waals surface area contributed by atoms with Crippen LogP contribution < -0.4 is 0 Å². The van der Waals surface area contributed by atoms with Gasteiger partial charge < -0.3 is 9.84 Å². The van der Waals surface area contributed by atoms with Gasteiger partial charge in [0.2, 0.25) is 0 Å². The summed E-state index contributed by atoms with van der Waals surface area (Å²) >= 11 is 0. The van der Waals surface area contributed by atoms with Gasteiger partial charge >= 0.3 is 12.1 Å². The van der Waals surface area contributed by atoms with Crippen molar-refractivity contribution >= 4 is 12.1 Å². The van der Waals surface area contributed by atoms with E-state index in [2.05, 4.69) is 4.74 Å². The van der Waals surface area contributed by atoms with Crippen molar-refractivity contribution < 1.29 is 19.4 Å². The monoisotopic (exact) mass is 215 g/mol. The van der Waals surface area contributed by atoms with E-state index in [0.717, 1.165) is 6.42 Å². The van der Waals surface area contributed by atoms with E-state index in [1.54, 1.807) is 0 Å². The maximum Gasteiger partial charge on any atom is 0.408 e. The molecule has 0 spiro atoms. The first-order valence-corrected chi connectivity index (χ1v) is 5.06. The van der Waals surface area contributed by atoms with Crippen LogP contribution in [0.5, 0.6) is 0 Å². The summed E-state index contributed by atoms with van der Waals surface area (Å²) < 4.78 is 4.65. The number of hydrogen-bond acceptors (Lipinski definition) is 3. The van der Waals surface area contributed by atoms with Crippen LogP contribution in [0.15, 0.2) is 0 Å². The highest BCUT2D eigenvalue weighted by molar-refractivity contribution is 5.81. The molecule has 0 saturated carbocycles. The zero-order chi connectivity index (χ0) is 11.6. The first-order valence-electron chi connectivity index (χ1n) is 5.06. The molecule has 0 aromatic heterocycles. The van der Waals surface area contributed by atoms with Gasteiger partial charge in [0.15, 0.2) is 0 Å². The summed E-state index contributed by atoms with van der Waals surface area (Å²) in [5.41, 5.74) is 0. The summed E-state index contributed by atoms with van der Waals surface area (Å²) in [7, 11) is 1.29.